The van der Waals surface area contributed by atoms with Crippen LogP contribution < -0.4 is 4.74 Å². The van der Waals surface area contributed by atoms with Crippen molar-refractivity contribution in [1.82, 2.24) is 0 Å². The molecule has 2 rings (SSSR count). The van der Waals surface area contributed by atoms with Gasteiger partial charge in [0.1, 0.15) is 5.75 Å². The van der Waals surface area contributed by atoms with Gasteiger partial charge in [0.15, 0.2) is 10.8 Å². The van der Waals surface area contributed by atoms with Crippen molar-refractivity contribution in [3.05, 3.63) is 29.8 Å². The lowest BCUT2D eigenvalue weighted by atomic mass is 9.43. The van der Waals surface area contributed by atoms with Crippen LogP contribution in [0.25, 0.3) is 0 Å². The second kappa shape index (κ2) is 5.39. The summed E-state index contributed by atoms with van der Waals surface area (Å²) in [6.07, 6.45) is 0.0730. The predicted molar refractivity (Wildman–Crippen MR) is 74.1 cm³/mol. The first kappa shape index (κ1) is 15.4. The third-order valence-electron chi connectivity index (χ3n) is 4.30. The second-order valence-electron chi connectivity index (χ2n) is 5.07. The van der Waals surface area contributed by atoms with Crippen molar-refractivity contribution in [3.63, 3.8) is 0 Å². The fourth-order valence-electron chi connectivity index (χ4n) is 2.96. The van der Waals surface area contributed by atoms with Crippen LogP contribution in [0.15, 0.2) is 24.3 Å². The molecule has 0 N–H and O–H groups in total. The van der Waals surface area contributed by atoms with Crippen LogP contribution >= 0.6 is 0 Å². The number of hydrogen-bond donors (Lipinski definition) is 0. The van der Waals surface area contributed by atoms with Gasteiger partial charge in [-0.15, -0.1) is 0 Å². The Morgan fingerprint density at radius 3 is 2.14 bits per heavy atom. The quantitative estimate of drug-likeness (QED) is 0.788. The van der Waals surface area contributed by atoms with Gasteiger partial charge in [0.25, 0.3) is 0 Å². The topological polar surface area (TPSA) is 107 Å². The number of nitriles is 3. The molecule has 0 unspecified atom stereocenters. The maximum absolute atomic E-state index is 12.0. The fraction of sp³-hybridized carbons (Fsp3) is 0.375. The number of ether oxygens (including phenoxy) is 2. The Kier molecular flexibility index (Phi) is 3.76. The minimum absolute atomic E-state index is 0.0730. The third kappa shape index (κ3) is 1.73. The van der Waals surface area contributed by atoms with Gasteiger partial charge >= 0.3 is 5.97 Å². The highest BCUT2D eigenvalue weighted by Crippen LogP contribution is 2.64. The van der Waals surface area contributed by atoms with Crippen molar-refractivity contribution in [3.8, 4) is 24.0 Å². The summed E-state index contributed by atoms with van der Waals surface area (Å²) < 4.78 is 9.71. The predicted octanol–water partition coefficient (Wildman–Crippen LogP) is 1.90. The van der Waals surface area contributed by atoms with Gasteiger partial charge in [-0.3, -0.25) is 4.79 Å². The molecule has 1 aromatic rings. The van der Waals surface area contributed by atoms with Gasteiger partial charge in [-0.05, 0) is 24.1 Å². The zero-order chi connectivity index (χ0) is 16.4. The number of carbonyl (C=O) groups excluding carboxylic acids is 1. The van der Waals surface area contributed by atoms with E-state index in [0.717, 1.165) is 7.11 Å². The minimum Gasteiger partial charge on any atom is -0.497 e. The summed E-state index contributed by atoms with van der Waals surface area (Å²) in [4.78, 5) is 12.0. The Hall–Kier alpha value is -3.04. The standard InChI is InChI=1S/C16H13N3O3/c1-21-12-5-3-11(4-6-12)13-7-15(8-17,14(20)22-2)16(13,9-18)10-19/h3-6,13H,7H2,1-2H3/t13-,15+/m0/s1. The van der Waals surface area contributed by atoms with Crippen LogP contribution in [0.2, 0.25) is 0 Å². The maximum Gasteiger partial charge on any atom is 0.329 e. The van der Waals surface area contributed by atoms with Crippen LogP contribution in [0.3, 0.4) is 0 Å². The molecule has 0 aromatic heterocycles. The minimum atomic E-state index is -1.76. The molecule has 6 heteroatoms. The second-order valence-corrected chi connectivity index (χ2v) is 5.07. The first-order chi connectivity index (χ1) is 10.5. The molecular weight excluding hydrogens is 282 g/mol. The van der Waals surface area contributed by atoms with Gasteiger partial charge in [-0.2, -0.15) is 15.8 Å². The first-order valence-corrected chi connectivity index (χ1v) is 6.51. The smallest absolute Gasteiger partial charge is 0.329 e. The summed E-state index contributed by atoms with van der Waals surface area (Å²) in [6.45, 7) is 0. The van der Waals surface area contributed by atoms with E-state index in [4.69, 9.17) is 4.74 Å². The van der Waals surface area contributed by atoms with E-state index in [-0.39, 0.29) is 6.42 Å². The average molecular weight is 295 g/mol. The molecule has 6 nitrogen and oxygen atoms in total. The van der Waals surface area contributed by atoms with Crippen molar-refractivity contribution >= 4 is 5.97 Å². The van der Waals surface area contributed by atoms with Crippen LogP contribution in [-0.2, 0) is 9.53 Å². The van der Waals surface area contributed by atoms with Crippen molar-refractivity contribution in [2.45, 2.75) is 12.3 Å². The van der Waals surface area contributed by atoms with Crippen molar-refractivity contribution < 1.29 is 14.3 Å². The first-order valence-electron chi connectivity index (χ1n) is 6.51. The van der Waals surface area contributed by atoms with E-state index < -0.39 is 22.7 Å². The molecule has 1 aliphatic rings. The molecular formula is C16H13N3O3. The largest absolute Gasteiger partial charge is 0.497 e. The molecule has 0 heterocycles. The Labute approximate surface area is 128 Å². The molecule has 0 aliphatic heterocycles. The molecule has 0 saturated heterocycles. The van der Waals surface area contributed by atoms with Gasteiger partial charge in [0.2, 0.25) is 0 Å². The van der Waals surface area contributed by atoms with Crippen LogP contribution in [0, 0.1) is 44.8 Å². The van der Waals surface area contributed by atoms with E-state index >= 15 is 0 Å². The molecule has 0 bridgehead atoms. The van der Waals surface area contributed by atoms with Crippen LogP contribution in [0.1, 0.15) is 17.9 Å². The summed E-state index contributed by atoms with van der Waals surface area (Å²) in [7, 11) is 2.67. The summed E-state index contributed by atoms with van der Waals surface area (Å²) in [5.74, 6) is -0.739. The third-order valence-corrected chi connectivity index (χ3v) is 4.30. The Balaban J connectivity index is 2.49. The Morgan fingerprint density at radius 2 is 1.73 bits per heavy atom. The summed E-state index contributed by atoms with van der Waals surface area (Å²) >= 11 is 0. The molecule has 0 spiro atoms. The fourth-order valence-corrected chi connectivity index (χ4v) is 2.96. The number of carbonyl (C=O) groups is 1. The van der Waals surface area contributed by atoms with Crippen LogP contribution in [0.4, 0.5) is 0 Å². The van der Waals surface area contributed by atoms with E-state index in [9.17, 15) is 20.6 Å². The lowest BCUT2D eigenvalue weighted by Gasteiger charge is -2.50. The monoisotopic (exact) mass is 295 g/mol. The molecule has 1 aliphatic carbocycles. The van der Waals surface area contributed by atoms with Gasteiger partial charge in [-0.25, -0.2) is 0 Å². The highest BCUT2D eigenvalue weighted by molar-refractivity contribution is 5.85. The van der Waals surface area contributed by atoms with E-state index in [1.54, 1.807) is 24.3 Å². The van der Waals surface area contributed by atoms with E-state index in [2.05, 4.69) is 4.74 Å². The summed E-state index contributed by atoms with van der Waals surface area (Å²) in [5.41, 5.74) is -2.81. The summed E-state index contributed by atoms with van der Waals surface area (Å²) in [6, 6.07) is 12.5. The Bertz CT molecular complexity index is 707. The number of benzene rings is 1. The molecule has 110 valence electrons. The molecule has 1 fully saturated rings. The Morgan fingerprint density at radius 1 is 1.14 bits per heavy atom. The number of rotatable bonds is 3. The molecule has 0 amide bonds. The molecule has 22 heavy (non-hydrogen) atoms. The summed E-state index contributed by atoms with van der Waals surface area (Å²) in [5, 5.41) is 28.5. The van der Waals surface area contributed by atoms with Gasteiger partial charge in [0, 0.05) is 5.92 Å². The van der Waals surface area contributed by atoms with Crippen molar-refractivity contribution in [1.29, 1.82) is 15.8 Å². The highest BCUT2D eigenvalue weighted by Gasteiger charge is 2.73. The molecule has 2 atom stereocenters. The highest BCUT2D eigenvalue weighted by atomic mass is 16.5. The van der Waals surface area contributed by atoms with Crippen molar-refractivity contribution in [2.75, 3.05) is 14.2 Å². The molecule has 0 radical (unpaired) electrons. The van der Waals surface area contributed by atoms with Gasteiger partial charge in [0.05, 0.1) is 32.4 Å². The van der Waals surface area contributed by atoms with Gasteiger partial charge in [-0.1, -0.05) is 12.1 Å². The molecule has 1 saturated carbocycles. The SMILES string of the molecule is COC(=O)[C@]1(C#N)C[C@@H](c2ccc(OC)cc2)C1(C#N)C#N. The zero-order valence-electron chi connectivity index (χ0n) is 12.2. The normalized spacial score (nSPS) is 24.8. The van der Waals surface area contributed by atoms with Crippen molar-refractivity contribution in [2.24, 2.45) is 10.8 Å². The lowest BCUT2D eigenvalue weighted by molar-refractivity contribution is -0.162. The number of nitrogens with zero attached hydrogens (tertiary/aromatic N) is 3. The number of hydrogen-bond acceptors (Lipinski definition) is 6. The van der Waals surface area contributed by atoms with E-state index in [0.29, 0.717) is 11.3 Å². The van der Waals surface area contributed by atoms with Crippen LogP contribution in [0.5, 0.6) is 5.75 Å². The number of methoxy groups -OCH3 is 2. The van der Waals surface area contributed by atoms with Crippen LogP contribution in [-0.4, -0.2) is 20.2 Å². The molecule has 1 aromatic carbocycles. The van der Waals surface area contributed by atoms with Gasteiger partial charge < -0.3 is 9.47 Å². The van der Waals surface area contributed by atoms with E-state index in [1.165, 1.54) is 7.11 Å². The average Bonchev–Trinajstić information content (AvgIpc) is 2.56. The zero-order valence-corrected chi connectivity index (χ0v) is 12.2. The van der Waals surface area contributed by atoms with E-state index in [1.807, 2.05) is 18.2 Å². The maximum atomic E-state index is 12.0. The number of esters is 1. The lowest BCUT2D eigenvalue weighted by Crippen LogP contribution is -2.59.